The largest absolute Gasteiger partial charge is 0.472 e. The molecule has 3 aromatic rings. The smallest absolute Gasteiger partial charge is 0.245 e. The fourth-order valence-electron chi connectivity index (χ4n) is 5.13. The second-order valence-corrected chi connectivity index (χ2v) is 10.9. The molecule has 2 N–H and O–H groups in total. The predicted octanol–water partition coefficient (Wildman–Crippen LogP) is 2.60. The maximum atomic E-state index is 14.0. The van der Waals surface area contributed by atoms with Crippen molar-refractivity contribution < 1.29 is 23.6 Å². The summed E-state index contributed by atoms with van der Waals surface area (Å²) in [4.78, 5) is 58.4. The van der Waals surface area contributed by atoms with Crippen LogP contribution in [0.1, 0.15) is 30.5 Å². The minimum Gasteiger partial charge on any atom is -0.472 e. The van der Waals surface area contributed by atoms with Crippen molar-refractivity contribution in [1.29, 1.82) is 0 Å². The molecule has 1 saturated heterocycles. The van der Waals surface area contributed by atoms with E-state index in [1.54, 1.807) is 20.2 Å². The van der Waals surface area contributed by atoms with Gasteiger partial charge in [-0.1, -0.05) is 74.5 Å². The van der Waals surface area contributed by atoms with E-state index in [1.165, 1.54) is 22.3 Å². The highest BCUT2D eigenvalue weighted by molar-refractivity contribution is 5.97. The molecule has 2 heterocycles. The van der Waals surface area contributed by atoms with Gasteiger partial charge in [0.1, 0.15) is 24.2 Å². The molecule has 1 aromatic heterocycles. The molecular weight excluding hydrogens is 520 g/mol. The van der Waals surface area contributed by atoms with Crippen LogP contribution < -0.4 is 10.6 Å². The van der Waals surface area contributed by atoms with Gasteiger partial charge in [-0.05, 0) is 28.7 Å². The summed E-state index contributed by atoms with van der Waals surface area (Å²) >= 11 is 0. The van der Waals surface area contributed by atoms with E-state index in [1.807, 2.05) is 74.5 Å². The molecule has 2 aromatic carbocycles. The molecule has 216 valence electrons. The first-order chi connectivity index (χ1) is 19.7. The summed E-state index contributed by atoms with van der Waals surface area (Å²) in [5.74, 6) is -1.93. The van der Waals surface area contributed by atoms with Gasteiger partial charge in [0.05, 0.1) is 12.5 Å². The number of likely N-dealkylation sites (N-methyl/N-ethyl adjacent to an activating group) is 2. The van der Waals surface area contributed by atoms with E-state index in [0.29, 0.717) is 0 Å². The van der Waals surface area contributed by atoms with Crippen LogP contribution in [0.4, 0.5) is 0 Å². The Morgan fingerprint density at radius 3 is 1.68 bits per heavy atom. The molecule has 0 unspecified atom stereocenters. The van der Waals surface area contributed by atoms with Crippen molar-refractivity contribution in [2.45, 2.75) is 57.3 Å². The fraction of sp³-hybridized carbons (Fsp3) is 0.375. The van der Waals surface area contributed by atoms with E-state index in [0.717, 1.165) is 16.7 Å². The van der Waals surface area contributed by atoms with Gasteiger partial charge in [-0.25, -0.2) is 0 Å². The Morgan fingerprint density at radius 1 is 0.683 bits per heavy atom. The molecule has 0 bridgehead atoms. The molecule has 4 rings (SSSR count). The molecule has 0 aliphatic carbocycles. The minimum atomic E-state index is -0.988. The van der Waals surface area contributed by atoms with Gasteiger partial charge in [-0.3, -0.25) is 19.2 Å². The van der Waals surface area contributed by atoms with Crippen LogP contribution in [0.5, 0.6) is 0 Å². The normalized spacial score (nSPS) is 22.7. The van der Waals surface area contributed by atoms with Crippen LogP contribution in [0.2, 0.25) is 0 Å². The fourth-order valence-corrected chi connectivity index (χ4v) is 5.13. The standard InChI is InChI=1S/C32H38N4O5/c1-21(2)28-32(40)36(4)26(18-22-11-7-5-8-12-22)29(37)33-25(17-24-15-16-41-20-24)31(39)35(3)27(30(38)34-28)19-23-13-9-6-10-14-23/h5-16,20-21,25-28H,17-19H2,1-4H3,(H,33,37)(H,34,38)/t25-,26-,27-,28-/m0/s1. The summed E-state index contributed by atoms with van der Waals surface area (Å²) in [6.45, 7) is 3.69. The Morgan fingerprint density at radius 2 is 1.20 bits per heavy atom. The van der Waals surface area contributed by atoms with E-state index in [-0.39, 0.29) is 31.1 Å². The highest BCUT2D eigenvalue weighted by atomic mass is 16.3. The number of amides is 4. The average Bonchev–Trinajstić information content (AvgIpc) is 3.49. The Kier molecular flexibility index (Phi) is 9.60. The molecule has 0 radical (unpaired) electrons. The zero-order chi connectivity index (χ0) is 29.5. The monoisotopic (exact) mass is 558 g/mol. The van der Waals surface area contributed by atoms with Crippen molar-refractivity contribution in [3.8, 4) is 0 Å². The van der Waals surface area contributed by atoms with Crippen LogP contribution in [0, 0.1) is 5.92 Å². The number of furan rings is 1. The van der Waals surface area contributed by atoms with E-state index >= 15 is 0 Å². The lowest BCUT2D eigenvalue weighted by molar-refractivity contribution is -0.148. The van der Waals surface area contributed by atoms with Crippen LogP contribution in [-0.2, 0) is 38.4 Å². The van der Waals surface area contributed by atoms with Gasteiger partial charge in [-0.15, -0.1) is 0 Å². The molecule has 1 aliphatic rings. The Labute approximate surface area is 240 Å². The summed E-state index contributed by atoms with van der Waals surface area (Å²) in [7, 11) is 3.14. The predicted molar refractivity (Wildman–Crippen MR) is 155 cm³/mol. The number of nitrogens with zero attached hydrogens (tertiary/aromatic N) is 2. The zero-order valence-corrected chi connectivity index (χ0v) is 23.9. The van der Waals surface area contributed by atoms with E-state index < -0.39 is 41.9 Å². The molecule has 0 spiro atoms. The van der Waals surface area contributed by atoms with Crippen LogP contribution in [0.15, 0.2) is 83.7 Å². The number of nitrogens with one attached hydrogen (secondary N) is 2. The number of hydrogen-bond donors (Lipinski definition) is 2. The molecule has 4 amide bonds. The molecule has 41 heavy (non-hydrogen) atoms. The number of benzene rings is 2. The second kappa shape index (κ2) is 13.3. The molecule has 4 atom stereocenters. The van der Waals surface area contributed by atoms with E-state index in [4.69, 9.17) is 4.42 Å². The number of rotatable bonds is 7. The Balaban J connectivity index is 1.76. The second-order valence-electron chi connectivity index (χ2n) is 10.9. The molecule has 1 fully saturated rings. The lowest BCUT2D eigenvalue weighted by Crippen LogP contribution is -2.63. The van der Waals surface area contributed by atoms with Crippen LogP contribution in [-0.4, -0.2) is 71.7 Å². The van der Waals surface area contributed by atoms with Crippen LogP contribution in [0.25, 0.3) is 0 Å². The molecule has 0 saturated carbocycles. The van der Waals surface area contributed by atoms with Crippen molar-refractivity contribution >= 4 is 23.6 Å². The highest BCUT2D eigenvalue weighted by Crippen LogP contribution is 2.18. The number of hydrogen-bond acceptors (Lipinski definition) is 5. The summed E-state index contributed by atoms with van der Waals surface area (Å²) < 4.78 is 5.21. The minimum absolute atomic E-state index is 0.162. The summed E-state index contributed by atoms with van der Waals surface area (Å²) in [5.41, 5.74) is 2.45. The van der Waals surface area contributed by atoms with E-state index in [2.05, 4.69) is 10.6 Å². The van der Waals surface area contributed by atoms with Crippen molar-refractivity contribution in [1.82, 2.24) is 20.4 Å². The van der Waals surface area contributed by atoms with Gasteiger partial charge in [-0.2, -0.15) is 0 Å². The first kappa shape index (κ1) is 29.6. The van der Waals surface area contributed by atoms with Crippen LogP contribution in [0.3, 0.4) is 0 Å². The Hall–Kier alpha value is -4.40. The van der Waals surface area contributed by atoms with Crippen molar-refractivity contribution in [3.63, 3.8) is 0 Å². The summed E-state index contributed by atoms with van der Waals surface area (Å²) in [5, 5.41) is 5.85. The highest BCUT2D eigenvalue weighted by Gasteiger charge is 2.40. The topological polar surface area (TPSA) is 112 Å². The summed E-state index contributed by atoms with van der Waals surface area (Å²) in [6.07, 6.45) is 3.67. The molecular formula is C32H38N4O5. The lowest BCUT2D eigenvalue weighted by Gasteiger charge is -2.37. The van der Waals surface area contributed by atoms with Crippen molar-refractivity contribution in [2.24, 2.45) is 5.92 Å². The van der Waals surface area contributed by atoms with Gasteiger partial charge in [0, 0.05) is 33.4 Å². The van der Waals surface area contributed by atoms with Crippen LogP contribution >= 0.6 is 0 Å². The van der Waals surface area contributed by atoms with Crippen molar-refractivity contribution in [3.05, 3.63) is 95.9 Å². The molecule has 1 aliphatic heterocycles. The third kappa shape index (κ3) is 7.22. The SMILES string of the molecule is CC(C)[C@@H]1NC(=O)[C@H](Cc2ccccc2)N(C)C(=O)[C@H](Cc2ccoc2)NC(=O)[C@H](Cc2ccccc2)N(C)C1=O. The third-order valence-corrected chi connectivity index (χ3v) is 7.64. The third-order valence-electron chi connectivity index (χ3n) is 7.64. The van der Waals surface area contributed by atoms with Gasteiger partial charge in [0.15, 0.2) is 0 Å². The van der Waals surface area contributed by atoms with Gasteiger partial charge < -0.3 is 24.9 Å². The molecule has 9 heteroatoms. The average molecular weight is 559 g/mol. The van der Waals surface area contributed by atoms with Gasteiger partial charge in [0.2, 0.25) is 23.6 Å². The number of carbonyl (C=O) groups excluding carboxylic acids is 4. The maximum Gasteiger partial charge on any atom is 0.245 e. The first-order valence-electron chi connectivity index (χ1n) is 13.9. The first-order valence-corrected chi connectivity index (χ1v) is 13.9. The van der Waals surface area contributed by atoms with E-state index in [9.17, 15) is 19.2 Å². The Bertz CT molecular complexity index is 1290. The zero-order valence-electron chi connectivity index (χ0n) is 23.9. The molecule has 9 nitrogen and oxygen atoms in total. The summed E-state index contributed by atoms with van der Waals surface area (Å²) in [6, 6.07) is 16.8. The quantitative estimate of drug-likeness (QED) is 0.463. The van der Waals surface area contributed by atoms with Crippen molar-refractivity contribution in [2.75, 3.05) is 14.1 Å². The lowest BCUT2D eigenvalue weighted by atomic mass is 9.96. The number of carbonyl (C=O) groups is 4. The maximum absolute atomic E-state index is 14.0. The van der Waals surface area contributed by atoms with Gasteiger partial charge >= 0.3 is 0 Å². The van der Waals surface area contributed by atoms with Gasteiger partial charge in [0.25, 0.3) is 0 Å².